The largest absolute Gasteiger partial charge is 0.444 e. The fourth-order valence-electron chi connectivity index (χ4n) is 1.82. The third kappa shape index (κ3) is 2.92. The number of para-hydroxylation sites is 1. The van der Waals surface area contributed by atoms with Crippen molar-refractivity contribution in [2.24, 2.45) is 5.10 Å². The van der Waals surface area contributed by atoms with Crippen molar-refractivity contribution < 1.29 is 4.42 Å². The van der Waals surface area contributed by atoms with Crippen LogP contribution in [0.1, 0.15) is 5.56 Å². The molecule has 1 N–H and O–H groups in total. The summed E-state index contributed by atoms with van der Waals surface area (Å²) in [6, 6.07) is 17.7. The first-order chi connectivity index (χ1) is 9.92. The van der Waals surface area contributed by atoms with Crippen LogP contribution in [0.2, 0.25) is 0 Å². The van der Waals surface area contributed by atoms with Crippen LogP contribution in [-0.4, -0.2) is 11.2 Å². The second-order valence-electron chi connectivity index (χ2n) is 4.23. The summed E-state index contributed by atoms with van der Waals surface area (Å²) in [6.07, 6.45) is 4.89. The van der Waals surface area contributed by atoms with Gasteiger partial charge in [-0.05, 0) is 23.8 Å². The van der Waals surface area contributed by atoms with Gasteiger partial charge in [0.1, 0.15) is 0 Å². The molecule has 4 heteroatoms. The fourth-order valence-corrected chi connectivity index (χ4v) is 1.82. The minimum Gasteiger partial charge on any atom is -0.444 e. The Kier molecular flexibility index (Phi) is 3.55. The van der Waals surface area contributed by atoms with E-state index in [9.17, 15) is 0 Å². The number of hydrogen-bond donors (Lipinski definition) is 1. The zero-order chi connectivity index (χ0) is 13.6. The van der Waals surface area contributed by atoms with Crippen LogP contribution in [0.4, 0.5) is 5.69 Å². The average molecular weight is 263 g/mol. The van der Waals surface area contributed by atoms with Gasteiger partial charge in [0.2, 0.25) is 0 Å². The molecule has 20 heavy (non-hydrogen) atoms. The third-order valence-corrected chi connectivity index (χ3v) is 2.78. The maximum absolute atomic E-state index is 5.28. The van der Waals surface area contributed by atoms with Crippen molar-refractivity contribution in [2.45, 2.75) is 0 Å². The van der Waals surface area contributed by atoms with Gasteiger partial charge in [-0.3, -0.25) is 5.43 Å². The smallest absolute Gasteiger partial charge is 0.181 e. The quantitative estimate of drug-likeness (QED) is 0.575. The highest BCUT2D eigenvalue weighted by Gasteiger charge is 2.00. The molecule has 0 amide bonds. The maximum Gasteiger partial charge on any atom is 0.181 e. The Hall–Kier alpha value is -2.88. The molecule has 2 aromatic carbocycles. The Morgan fingerprint density at radius 2 is 1.95 bits per heavy atom. The van der Waals surface area contributed by atoms with Crippen molar-refractivity contribution in [2.75, 3.05) is 5.43 Å². The van der Waals surface area contributed by atoms with E-state index in [2.05, 4.69) is 15.5 Å². The van der Waals surface area contributed by atoms with Crippen LogP contribution in [0.25, 0.3) is 11.3 Å². The van der Waals surface area contributed by atoms with Gasteiger partial charge in [-0.15, -0.1) is 0 Å². The van der Waals surface area contributed by atoms with Crippen molar-refractivity contribution in [3.8, 4) is 11.3 Å². The van der Waals surface area contributed by atoms with Crippen LogP contribution in [0.3, 0.4) is 0 Å². The lowest BCUT2D eigenvalue weighted by Gasteiger charge is -2.00. The Balaban J connectivity index is 1.73. The van der Waals surface area contributed by atoms with E-state index in [0.29, 0.717) is 0 Å². The molecule has 98 valence electrons. The second kappa shape index (κ2) is 5.84. The highest BCUT2D eigenvalue weighted by atomic mass is 16.3. The predicted octanol–water partition coefficient (Wildman–Crippen LogP) is 3.79. The third-order valence-electron chi connectivity index (χ3n) is 2.78. The summed E-state index contributed by atoms with van der Waals surface area (Å²) in [4.78, 5) is 3.92. The Labute approximate surface area is 116 Å². The summed E-state index contributed by atoms with van der Waals surface area (Å²) in [5.74, 6) is 0.747. The van der Waals surface area contributed by atoms with E-state index in [1.54, 1.807) is 12.4 Å². The molecule has 0 atom stereocenters. The predicted molar refractivity (Wildman–Crippen MR) is 79.6 cm³/mol. The molecule has 3 aromatic rings. The molecule has 1 heterocycles. The van der Waals surface area contributed by atoms with Crippen LogP contribution < -0.4 is 5.43 Å². The van der Waals surface area contributed by atoms with Gasteiger partial charge in [0.05, 0.1) is 18.1 Å². The normalized spacial score (nSPS) is 10.8. The van der Waals surface area contributed by atoms with E-state index in [4.69, 9.17) is 4.42 Å². The van der Waals surface area contributed by atoms with Gasteiger partial charge >= 0.3 is 0 Å². The summed E-state index contributed by atoms with van der Waals surface area (Å²) >= 11 is 0. The van der Waals surface area contributed by atoms with Crippen LogP contribution in [0.15, 0.2) is 76.7 Å². The second-order valence-corrected chi connectivity index (χ2v) is 4.23. The number of hydrogen-bond acceptors (Lipinski definition) is 4. The van der Waals surface area contributed by atoms with Crippen molar-refractivity contribution >= 4 is 11.9 Å². The molecule has 0 fully saturated rings. The van der Waals surface area contributed by atoms with E-state index >= 15 is 0 Å². The number of hydrazone groups is 1. The van der Waals surface area contributed by atoms with Gasteiger partial charge in [-0.25, -0.2) is 4.98 Å². The minimum absolute atomic E-state index is 0.747. The Morgan fingerprint density at radius 3 is 2.75 bits per heavy atom. The summed E-state index contributed by atoms with van der Waals surface area (Å²) in [6.45, 7) is 0. The Bertz CT molecular complexity index is 691. The van der Waals surface area contributed by atoms with E-state index < -0.39 is 0 Å². The molecular weight excluding hydrogens is 250 g/mol. The molecule has 0 bridgehead atoms. The molecule has 0 radical (unpaired) electrons. The Morgan fingerprint density at radius 1 is 1.05 bits per heavy atom. The zero-order valence-corrected chi connectivity index (χ0v) is 10.7. The number of aromatic nitrogens is 1. The number of oxazole rings is 1. The zero-order valence-electron chi connectivity index (χ0n) is 10.7. The first-order valence-corrected chi connectivity index (χ1v) is 6.25. The lowest BCUT2D eigenvalue weighted by Crippen LogP contribution is -1.90. The van der Waals surface area contributed by atoms with Gasteiger partial charge < -0.3 is 4.42 Å². The SMILES string of the molecule is C(=NNc1ccccc1)c1cccc(-c2cnco2)c1. The fraction of sp³-hybridized carbons (Fsp3) is 0. The van der Waals surface area contributed by atoms with Crippen molar-refractivity contribution in [3.63, 3.8) is 0 Å². The summed E-state index contributed by atoms with van der Waals surface area (Å²) in [5.41, 5.74) is 5.90. The highest BCUT2D eigenvalue weighted by Crippen LogP contribution is 2.18. The van der Waals surface area contributed by atoms with Crippen LogP contribution in [0, 0.1) is 0 Å². The summed E-state index contributed by atoms with van der Waals surface area (Å²) in [5, 5.41) is 4.21. The molecule has 1 aromatic heterocycles. The van der Waals surface area contributed by atoms with E-state index in [-0.39, 0.29) is 0 Å². The lowest BCUT2D eigenvalue weighted by molar-refractivity contribution is 0.572. The minimum atomic E-state index is 0.747. The molecule has 4 nitrogen and oxygen atoms in total. The standard InChI is InChI=1S/C16H13N3O/c1-2-7-15(8-3-1)19-18-10-13-5-4-6-14(9-13)16-11-17-12-20-16/h1-12,19H. The first-order valence-electron chi connectivity index (χ1n) is 6.25. The molecule has 0 saturated carbocycles. The topological polar surface area (TPSA) is 50.4 Å². The molecular formula is C16H13N3O. The molecule has 0 unspecified atom stereocenters. The summed E-state index contributed by atoms with van der Waals surface area (Å²) in [7, 11) is 0. The average Bonchev–Trinajstić information content (AvgIpc) is 3.03. The lowest BCUT2D eigenvalue weighted by atomic mass is 10.1. The van der Waals surface area contributed by atoms with E-state index in [0.717, 1.165) is 22.6 Å². The van der Waals surface area contributed by atoms with Crippen LogP contribution in [-0.2, 0) is 0 Å². The number of nitrogens with one attached hydrogen (secondary N) is 1. The molecule has 0 aliphatic rings. The van der Waals surface area contributed by atoms with E-state index in [1.807, 2.05) is 54.6 Å². The van der Waals surface area contributed by atoms with Gasteiger partial charge in [-0.2, -0.15) is 5.10 Å². The van der Waals surface area contributed by atoms with Gasteiger partial charge in [0.15, 0.2) is 12.2 Å². The molecule has 0 spiro atoms. The van der Waals surface area contributed by atoms with Gasteiger partial charge in [0.25, 0.3) is 0 Å². The maximum atomic E-state index is 5.28. The van der Waals surface area contributed by atoms with Crippen molar-refractivity contribution in [1.82, 2.24) is 4.98 Å². The highest BCUT2D eigenvalue weighted by molar-refractivity contribution is 5.82. The monoisotopic (exact) mass is 263 g/mol. The van der Waals surface area contributed by atoms with E-state index in [1.165, 1.54) is 6.39 Å². The number of anilines is 1. The molecule has 0 aliphatic heterocycles. The summed E-state index contributed by atoms with van der Waals surface area (Å²) < 4.78 is 5.28. The number of nitrogens with zero attached hydrogens (tertiary/aromatic N) is 2. The number of rotatable bonds is 4. The van der Waals surface area contributed by atoms with Crippen molar-refractivity contribution in [1.29, 1.82) is 0 Å². The van der Waals surface area contributed by atoms with Crippen LogP contribution >= 0.6 is 0 Å². The van der Waals surface area contributed by atoms with Gasteiger partial charge in [-0.1, -0.05) is 36.4 Å². The van der Waals surface area contributed by atoms with Gasteiger partial charge in [0, 0.05) is 5.56 Å². The van der Waals surface area contributed by atoms with Crippen molar-refractivity contribution in [3.05, 3.63) is 72.8 Å². The molecule has 0 aliphatic carbocycles. The van der Waals surface area contributed by atoms with Crippen LogP contribution in [0.5, 0.6) is 0 Å². The first kappa shape index (κ1) is 12.2. The molecule has 0 saturated heterocycles. The molecule has 3 rings (SSSR count). The number of benzene rings is 2.